The van der Waals surface area contributed by atoms with Crippen molar-refractivity contribution in [1.82, 2.24) is 5.32 Å². The molecule has 1 heterocycles. The van der Waals surface area contributed by atoms with E-state index in [9.17, 15) is 0 Å². The second kappa shape index (κ2) is 4.67. The normalized spacial score (nSPS) is 44.0. The van der Waals surface area contributed by atoms with Crippen molar-refractivity contribution in [2.45, 2.75) is 32.1 Å². The van der Waals surface area contributed by atoms with E-state index in [1.807, 2.05) is 0 Å². The van der Waals surface area contributed by atoms with Gasteiger partial charge in [0.25, 0.3) is 0 Å². The summed E-state index contributed by atoms with van der Waals surface area (Å²) in [6.07, 6.45) is 7.63. The average molecular weight is 225 g/mol. The number of fused-ring (bicyclic) bond motifs is 2. The maximum Gasteiger partial charge on any atom is -0.00122 e. The Morgan fingerprint density at radius 1 is 1.07 bits per heavy atom. The third-order valence-corrected chi connectivity index (χ3v) is 5.98. The number of hydrogen-bond donors (Lipinski definition) is 1. The van der Waals surface area contributed by atoms with Gasteiger partial charge in [-0.15, -0.1) is 0 Å². The van der Waals surface area contributed by atoms with Crippen LogP contribution in [0.2, 0.25) is 0 Å². The van der Waals surface area contributed by atoms with E-state index in [2.05, 4.69) is 17.1 Å². The Hall–Kier alpha value is 0.310. The zero-order valence-electron chi connectivity index (χ0n) is 9.58. The topological polar surface area (TPSA) is 12.0 Å². The molecule has 1 N–H and O–H groups in total. The SMILES string of the molecule is C1CC(CNCC2CC3CCC2C3)CS1. The second-order valence-electron chi connectivity index (χ2n) is 5.82. The molecule has 0 aromatic rings. The first-order chi connectivity index (χ1) is 7.42. The molecule has 2 aliphatic carbocycles. The second-order valence-corrected chi connectivity index (χ2v) is 6.97. The van der Waals surface area contributed by atoms with Crippen molar-refractivity contribution in [3.05, 3.63) is 0 Å². The minimum absolute atomic E-state index is 0.980. The molecular weight excluding hydrogens is 202 g/mol. The fourth-order valence-corrected chi connectivity index (χ4v) is 5.13. The van der Waals surface area contributed by atoms with Gasteiger partial charge in [-0.05, 0) is 74.0 Å². The molecule has 3 aliphatic rings. The largest absolute Gasteiger partial charge is 0.316 e. The van der Waals surface area contributed by atoms with E-state index in [0.29, 0.717) is 0 Å². The summed E-state index contributed by atoms with van der Waals surface area (Å²) in [6, 6.07) is 0. The molecule has 0 aromatic heterocycles. The minimum Gasteiger partial charge on any atom is -0.316 e. The number of rotatable bonds is 4. The molecule has 4 atom stereocenters. The van der Waals surface area contributed by atoms with E-state index >= 15 is 0 Å². The molecule has 2 saturated carbocycles. The molecule has 3 rings (SSSR count). The highest BCUT2D eigenvalue weighted by molar-refractivity contribution is 7.99. The Kier molecular flexibility index (Phi) is 3.25. The highest BCUT2D eigenvalue weighted by Crippen LogP contribution is 2.47. The van der Waals surface area contributed by atoms with Crippen molar-refractivity contribution >= 4 is 11.8 Å². The summed E-state index contributed by atoms with van der Waals surface area (Å²) in [5.41, 5.74) is 0. The van der Waals surface area contributed by atoms with Crippen LogP contribution in [0.4, 0.5) is 0 Å². The molecule has 0 spiro atoms. The van der Waals surface area contributed by atoms with Gasteiger partial charge in [-0.3, -0.25) is 0 Å². The van der Waals surface area contributed by atoms with Gasteiger partial charge in [0.2, 0.25) is 0 Å². The van der Waals surface area contributed by atoms with Crippen molar-refractivity contribution < 1.29 is 0 Å². The summed E-state index contributed by atoms with van der Waals surface area (Å²) >= 11 is 2.14. The summed E-state index contributed by atoms with van der Waals surface area (Å²) in [5.74, 6) is 7.04. The fraction of sp³-hybridized carbons (Fsp3) is 1.00. The summed E-state index contributed by atoms with van der Waals surface area (Å²) in [5, 5.41) is 3.74. The molecule has 1 aliphatic heterocycles. The van der Waals surface area contributed by atoms with Crippen LogP contribution in [0.15, 0.2) is 0 Å². The molecule has 86 valence electrons. The third kappa shape index (κ3) is 2.36. The molecule has 4 unspecified atom stereocenters. The minimum atomic E-state index is 0.980. The zero-order valence-corrected chi connectivity index (χ0v) is 10.4. The molecule has 0 radical (unpaired) electrons. The van der Waals surface area contributed by atoms with Gasteiger partial charge in [0, 0.05) is 0 Å². The molecule has 0 aromatic carbocycles. The predicted molar refractivity (Wildman–Crippen MR) is 67.2 cm³/mol. The lowest BCUT2D eigenvalue weighted by molar-refractivity contribution is 0.313. The molecule has 15 heavy (non-hydrogen) atoms. The Morgan fingerprint density at radius 3 is 2.73 bits per heavy atom. The molecule has 2 bridgehead atoms. The van der Waals surface area contributed by atoms with Gasteiger partial charge >= 0.3 is 0 Å². The first kappa shape index (κ1) is 10.5. The number of nitrogens with one attached hydrogen (secondary N) is 1. The standard InChI is InChI=1S/C13H23NS/c1-2-12-5-10(1)6-13(12)8-14-7-11-3-4-15-9-11/h10-14H,1-9H2. The first-order valence-electron chi connectivity index (χ1n) is 6.70. The maximum atomic E-state index is 3.74. The van der Waals surface area contributed by atoms with Crippen LogP contribution in [0.5, 0.6) is 0 Å². The Labute approximate surface area is 97.8 Å². The van der Waals surface area contributed by atoms with Gasteiger partial charge in [-0.2, -0.15) is 11.8 Å². The highest BCUT2D eigenvalue weighted by Gasteiger charge is 2.38. The van der Waals surface area contributed by atoms with E-state index in [1.165, 1.54) is 43.9 Å². The predicted octanol–water partition coefficient (Wildman–Crippen LogP) is 2.77. The van der Waals surface area contributed by atoms with Crippen LogP contribution >= 0.6 is 11.8 Å². The monoisotopic (exact) mass is 225 g/mol. The molecular formula is C13H23NS. The average Bonchev–Trinajstić information content (AvgIpc) is 2.93. The van der Waals surface area contributed by atoms with Gasteiger partial charge in [0.05, 0.1) is 0 Å². The zero-order chi connectivity index (χ0) is 10.1. The van der Waals surface area contributed by atoms with Gasteiger partial charge in [0.1, 0.15) is 0 Å². The number of thioether (sulfide) groups is 1. The lowest BCUT2D eigenvalue weighted by Gasteiger charge is -2.22. The maximum absolute atomic E-state index is 3.74. The Balaban J connectivity index is 1.36. The Morgan fingerprint density at radius 2 is 2.07 bits per heavy atom. The molecule has 0 amide bonds. The van der Waals surface area contributed by atoms with Gasteiger partial charge in [-0.25, -0.2) is 0 Å². The van der Waals surface area contributed by atoms with Crippen LogP contribution in [0, 0.1) is 23.7 Å². The highest BCUT2D eigenvalue weighted by atomic mass is 32.2. The van der Waals surface area contributed by atoms with E-state index in [0.717, 1.165) is 23.7 Å². The molecule has 2 heteroatoms. The summed E-state index contributed by atoms with van der Waals surface area (Å²) in [7, 11) is 0. The fourth-order valence-electron chi connectivity index (χ4n) is 3.84. The van der Waals surface area contributed by atoms with Gasteiger partial charge in [-0.1, -0.05) is 6.42 Å². The van der Waals surface area contributed by atoms with Crippen LogP contribution in [0.3, 0.4) is 0 Å². The van der Waals surface area contributed by atoms with Crippen LogP contribution in [-0.4, -0.2) is 24.6 Å². The first-order valence-corrected chi connectivity index (χ1v) is 7.85. The molecule has 3 fully saturated rings. The molecule has 1 saturated heterocycles. The van der Waals surface area contributed by atoms with Crippen LogP contribution < -0.4 is 5.32 Å². The smallest absolute Gasteiger partial charge is 0.00122 e. The summed E-state index contributed by atoms with van der Waals surface area (Å²) in [6.45, 7) is 2.61. The van der Waals surface area contributed by atoms with E-state index in [4.69, 9.17) is 0 Å². The lowest BCUT2D eigenvalue weighted by Crippen LogP contribution is -2.30. The summed E-state index contributed by atoms with van der Waals surface area (Å²) < 4.78 is 0. The van der Waals surface area contributed by atoms with Crippen molar-refractivity contribution in [1.29, 1.82) is 0 Å². The van der Waals surface area contributed by atoms with E-state index < -0.39 is 0 Å². The van der Waals surface area contributed by atoms with Crippen molar-refractivity contribution in [2.24, 2.45) is 23.7 Å². The van der Waals surface area contributed by atoms with E-state index in [-0.39, 0.29) is 0 Å². The van der Waals surface area contributed by atoms with Crippen LogP contribution in [0.1, 0.15) is 32.1 Å². The van der Waals surface area contributed by atoms with Crippen molar-refractivity contribution in [3.8, 4) is 0 Å². The third-order valence-electron chi connectivity index (χ3n) is 4.75. The Bertz CT molecular complexity index is 213. The number of hydrogen-bond acceptors (Lipinski definition) is 2. The van der Waals surface area contributed by atoms with Crippen molar-refractivity contribution in [2.75, 3.05) is 24.6 Å². The van der Waals surface area contributed by atoms with E-state index in [1.54, 1.807) is 12.8 Å². The quantitative estimate of drug-likeness (QED) is 0.789. The van der Waals surface area contributed by atoms with Gasteiger partial charge in [0.15, 0.2) is 0 Å². The van der Waals surface area contributed by atoms with Gasteiger partial charge < -0.3 is 5.32 Å². The summed E-state index contributed by atoms with van der Waals surface area (Å²) in [4.78, 5) is 0. The van der Waals surface area contributed by atoms with Crippen molar-refractivity contribution in [3.63, 3.8) is 0 Å². The van der Waals surface area contributed by atoms with Crippen LogP contribution in [-0.2, 0) is 0 Å². The van der Waals surface area contributed by atoms with Crippen LogP contribution in [0.25, 0.3) is 0 Å². The lowest BCUT2D eigenvalue weighted by atomic mass is 9.89. The molecule has 1 nitrogen and oxygen atoms in total.